The molecule has 6 heteroatoms. The second-order valence-electron chi connectivity index (χ2n) is 2.82. The SMILES string of the molecule is C=C(C(=O)OC1CCCO1)C(F)(F)F. The third-order valence-corrected chi connectivity index (χ3v) is 1.71. The van der Waals surface area contributed by atoms with Gasteiger partial charge in [-0.2, -0.15) is 13.2 Å². The van der Waals surface area contributed by atoms with Crippen LogP contribution in [0.3, 0.4) is 0 Å². The molecule has 1 aliphatic heterocycles. The van der Waals surface area contributed by atoms with E-state index in [4.69, 9.17) is 4.74 Å². The molecule has 1 unspecified atom stereocenters. The Bertz CT molecular complexity index is 241. The summed E-state index contributed by atoms with van der Waals surface area (Å²) in [7, 11) is 0. The van der Waals surface area contributed by atoms with Gasteiger partial charge in [0.05, 0.1) is 6.61 Å². The van der Waals surface area contributed by atoms with Crippen LogP contribution in [0.25, 0.3) is 0 Å². The number of alkyl halides is 3. The molecule has 1 heterocycles. The van der Waals surface area contributed by atoms with Gasteiger partial charge in [-0.3, -0.25) is 0 Å². The van der Waals surface area contributed by atoms with Crippen molar-refractivity contribution < 1.29 is 27.4 Å². The number of hydrogen-bond acceptors (Lipinski definition) is 3. The second-order valence-corrected chi connectivity index (χ2v) is 2.82. The molecule has 14 heavy (non-hydrogen) atoms. The van der Waals surface area contributed by atoms with Gasteiger partial charge in [0.25, 0.3) is 0 Å². The van der Waals surface area contributed by atoms with Crippen LogP contribution in [0.1, 0.15) is 12.8 Å². The molecule has 80 valence electrons. The molecule has 1 rings (SSSR count). The largest absolute Gasteiger partial charge is 0.432 e. The van der Waals surface area contributed by atoms with Crippen molar-refractivity contribution >= 4 is 5.97 Å². The molecule has 1 atom stereocenters. The first-order valence-electron chi connectivity index (χ1n) is 4.00. The molecule has 0 N–H and O–H groups in total. The summed E-state index contributed by atoms with van der Waals surface area (Å²) in [6.07, 6.45) is -4.50. The molecular weight excluding hydrogens is 201 g/mol. The van der Waals surface area contributed by atoms with Crippen LogP contribution in [0.2, 0.25) is 0 Å². The molecule has 3 nitrogen and oxygen atoms in total. The molecule has 0 aromatic rings. The zero-order chi connectivity index (χ0) is 10.8. The Morgan fingerprint density at radius 2 is 2.14 bits per heavy atom. The van der Waals surface area contributed by atoms with Gasteiger partial charge in [0.15, 0.2) is 0 Å². The minimum Gasteiger partial charge on any atom is -0.432 e. The van der Waals surface area contributed by atoms with Gasteiger partial charge in [0.2, 0.25) is 6.29 Å². The summed E-state index contributed by atoms with van der Waals surface area (Å²) in [6.45, 7) is 3.01. The lowest BCUT2D eigenvalue weighted by Gasteiger charge is -2.13. The van der Waals surface area contributed by atoms with E-state index in [-0.39, 0.29) is 0 Å². The Morgan fingerprint density at radius 3 is 2.57 bits per heavy atom. The first-order chi connectivity index (χ1) is 6.41. The average molecular weight is 210 g/mol. The standard InChI is InChI=1S/C8H9F3O3/c1-5(8(9,10)11)7(12)14-6-3-2-4-13-6/h6H,1-4H2. The molecule has 0 amide bonds. The normalized spacial score (nSPS) is 22.1. The lowest BCUT2D eigenvalue weighted by atomic mass is 10.3. The molecule has 0 spiro atoms. The predicted octanol–water partition coefficient (Wildman–Crippen LogP) is 1.78. The number of carbonyl (C=O) groups is 1. The fourth-order valence-corrected chi connectivity index (χ4v) is 0.947. The van der Waals surface area contributed by atoms with E-state index in [0.717, 1.165) is 0 Å². The van der Waals surface area contributed by atoms with Gasteiger partial charge in [0, 0.05) is 6.42 Å². The van der Waals surface area contributed by atoms with Crippen molar-refractivity contribution in [2.75, 3.05) is 6.61 Å². The third kappa shape index (κ3) is 2.73. The van der Waals surface area contributed by atoms with E-state index in [9.17, 15) is 18.0 Å². The molecule has 0 aromatic carbocycles. The van der Waals surface area contributed by atoms with Gasteiger partial charge in [0.1, 0.15) is 5.57 Å². The Labute approximate surface area is 78.5 Å². The fraction of sp³-hybridized carbons (Fsp3) is 0.625. The summed E-state index contributed by atoms with van der Waals surface area (Å²) in [6, 6.07) is 0. The number of esters is 1. The quantitative estimate of drug-likeness (QED) is 0.514. The number of rotatable bonds is 2. The average Bonchev–Trinajstić information content (AvgIpc) is 2.53. The molecule has 1 saturated heterocycles. The van der Waals surface area contributed by atoms with Gasteiger partial charge in [-0.05, 0) is 6.42 Å². The van der Waals surface area contributed by atoms with Crippen LogP contribution in [0.4, 0.5) is 13.2 Å². The lowest BCUT2D eigenvalue weighted by Crippen LogP contribution is -2.25. The van der Waals surface area contributed by atoms with Crippen LogP contribution in [-0.4, -0.2) is 25.0 Å². The van der Waals surface area contributed by atoms with Crippen molar-refractivity contribution in [1.82, 2.24) is 0 Å². The van der Waals surface area contributed by atoms with Gasteiger partial charge in [-0.15, -0.1) is 0 Å². The van der Waals surface area contributed by atoms with E-state index in [1.165, 1.54) is 0 Å². The van der Waals surface area contributed by atoms with Gasteiger partial charge in [-0.1, -0.05) is 6.58 Å². The fourth-order valence-electron chi connectivity index (χ4n) is 0.947. The number of carbonyl (C=O) groups excluding carboxylic acids is 1. The maximum atomic E-state index is 11.9. The maximum absolute atomic E-state index is 11.9. The highest BCUT2D eigenvalue weighted by atomic mass is 19.4. The van der Waals surface area contributed by atoms with Crippen LogP contribution in [0, 0.1) is 0 Å². The van der Waals surface area contributed by atoms with Gasteiger partial charge in [-0.25, -0.2) is 4.79 Å². The zero-order valence-corrected chi connectivity index (χ0v) is 7.26. The summed E-state index contributed by atoms with van der Waals surface area (Å²) >= 11 is 0. The van der Waals surface area contributed by atoms with E-state index in [1.807, 2.05) is 0 Å². The van der Waals surface area contributed by atoms with Crippen molar-refractivity contribution in [3.8, 4) is 0 Å². The zero-order valence-electron chi connectivity index (χ0n) is 7.26. The smallest absolute Gasteiger partial charge is 0.422 e. The summed E-state index contributed by atoms with van der Waals surface area (Å²) in [5, 5.41) is 0. The number of halogens is 3. The van der Waals surface area contributed by atoms with Crippen LogP contribution in [-0.2, 0) is 14.3 Å². The Hall–Kier alpha value is -1.04. The summed E-state index contributed by atoms with van der Waals surface area (Å²) < 4.78 is 45.1. The number of hydrogen-bond donors (Lipinski definition) is 0. The molecular formula is C8H9F3O3. The van der Waals surface area contributed by atoms with Crippen LogP contribution in [0.5, 0.6) is 0 Å². The Morgan fingerprint density at radius 1 is 1.50 bits per heavy atom. The minimum absolute atomic E-state index is 0.399. The van der Waals surface area contributed by atoms with Crippen LogP contribution < -0.4 is 0 Å². The number of ether oxygens (including phenoxy) is 2. The molecule has 0 bridgehead atoms. The maximum Gasteiger partial charge on any atom is 0.422 e. The van der Waals surface area contributed by atoms with Crippen molar-refractivity contribution in [3.05, 3.63) is 12.2 Å². The topological polar surface area (TPSA) is 35.5 Å². The molecule has 0 aromatic heterocycles. The molecule has 0 saturated carbocycles. The van der Waals surface area contributed by atoms with Crippen LogP contribution in [0.15, 0.2) is 12.2 Å². The summed E-state index contributed by atoms with van der Waals surface area (Å²) in [5.41, 5.74) is -1.51. The van der Waals surface area contributed by atoms with Gasteiger partial charge < -0.3 is 9.47 Å². The molecule has 1 aliphatic rings. The van der Waals surface area contributed by atoms with E-state index in [0.29, 0.717) is 19.4 Å². The Balaban J connectivity index is 2.45. The third-order valence-electron chi connectivity index (χ3n) is 1.71. The highest BCUT2D eigenvalue weighted by Gasteiger charge is 2.39. The van der Waals surface area contributed by atoms with E-state index in [2.05, 4.69) is 11.3 Å². The minimum atomic E-state index is -4.74. The van der Waals surface area contributed by atoms with Crippen LogP contribution >= 0.6 is 0 Å². The summed E-state index contributed by atoms with van der Waals surface area (Å²) in [4.78, 5) is 10.8. The van der Waals surface area contributed by atoms with Crippen molar-refractivity contribution in [1.29, 1.82) is 0 Å². The van der Waals surface area contributed by atoms with E-state index in [1.54, 1.807) is 0 Å². The molecule has 0 radical (unpaired) electrons. The van der Waals surface area contributed by atoms with Crippen molar-refractivity contribution in [2.45, 2.75) is 25.3 Å². The molecule has 1 fully saturated rings. The first-order valence-corrected chi connectivity index (χ1v) is 4.00. The monoisotopic (exact) mass is 210 g/mol. The van der Waals surface area contributed by atoms with E-state index < -0.39 is 24.0 Å². The lowest BCUT2D eigenvalue weighted by molar-refractivity contribution is -0.173. The molecule has 0 aliphatic carbocycles. The van der Waals surface area contributed by atoms with E-state index >= 15 is 0 Å². The predicted molar refractivity (Wildman–Crippen MR) is 40.3 cm³/mol. The van der Waals surface area contributed by atoms with Crippen molar-refractivity contribution in [3.63, 3.8) is 0 Å². The van der Waals surface area contributed by atoms with Crippen molar-refractivity contribution in [2.24, 2.45) is 0 Å². The Kier molecular flexibility index (Phi) is 3.15. The second kappa shape index (κ2) is 4.00. The highest BCUT2D eigenvalue weighted by Crippen LogP contribution is 2.26. The highest BCUT2D eigenvalue weighted by molar-refractivity contribution is 5.89. The summed E-state index contributed by atoms with van der Waals surface area (Å²) in [5.74, 6) is -1.47. The van der Waals surface area contributed by atoms with Gasteiger partial charge >= 0.3 is 12.1 Å². The first kappa shape index (κ1) is 11.0.